The van der Waals surface area contributed by atoms with Gasteiger partial charge >= 0.3 is 0 Å². The summed E-state index contributed by atoms with van der Waals surface area (Å²) in [6.45, 7) is 10.00. The first-order chi connectivity index (χ1) is 14.2. The third-order valence-electron chi connectivity index (χ3n) is 7.35. The molecular weight excluding hydrogens is 373 g/mol. The SMILES string of the molecule is BC(=O)C(C)C(C)(C)N1C(=O)CC(C(CCCCCCC)CCCCCCC)C1=O. The van der Waals surface area contributed by atoms with E-state index in [0.717, 1.165) is 25.7 Å². The van der Waals surface area contributed by atoms with Gasteiger partial charge in [0.15, 0.2) is 7.85 Å². The highest BCUT2D eigenvalue weighted by atomic mass is 16.2. The molecule has 30 heavy (non-hydrogen) atoms. The Morgan fingerprint density at radius 2 is 1.43 bits per heavy atom. The van der Waals surface area contributed by atoms with Crippen LogP contribution in [0.15, 0.2) is 0 Å². The van der Waals surface area contributed by atoms with Crippen molar-refractivity contribution < 1.29 is 14.4 Å². The molecule has 0 aromatic rings. The molecule has 2 amide bonds. The highest BCUT2D eigenvalue weighted by molar-refractivity contribution is 6.58. The molecule has 0 aliphatic carbocycles. The molecular formula is C25H46BNO3. The summed E-state index contributed by atoms with van der Waals surface area (Å²) in [7, 11) is 1.55. The van der Waals surface area contributed by atoms with Gasteiger partial charge in [0, 0.05) is 12.3 Å². The molecule has 1 rings (SSSR count). The Morgan fingerprint density at radius 1 is 0.967 bits per heavy atom. The van der Waals surface area contributed by atoms with Crippen molar-refractivity contribution in [2.45, 2.75) is 124 Å². The summed E-state index contributed by atoms with van der Waals surface area (Å²) in [5.74, 6) is -0.396. The number of nitrogens with zero attached hydrogens (tertiary/aromatic N) is 1. The maximum absolute atomic E-state index is 13.4. The van der Waals surface area contributed by atoms with Gasteiger partial charge in [-0.2, -0.15) is 0 Å². The van der Waals surface area contributed by atoms with Gasteiger partial charge in [-0.05, 0) is 32.6 Å². The molecule has 0 aromatic carbocycles. The van der Waals surface area contributed by atoms with E-state index in [9.17, 15) is 14.4 Å². The van der Waals surface area contributed by atoms with E-state index in [4.69, 9.17) is 0 Å². The van der Waals surface area contributed by atoms with Crippen molar-refractivity contribution >= 4 is 25.3 Å². The summed E-state index contributed by atoms with van der Waals surface area (Å²) in [4.78, 5) is 39.7. The van der Waals surface area contributed by atoms with Gasteiger partial charge in [-0.1, -0.05) is 85.0 Å². The first-order valence-corrected chi connectivity index (χ1v) is 12.6. The number of unbranched alkanes of at least 4 members (excludes halogenated alkanes) is 8. The largest absolute Gasteiger partial charge is 0.312 e. The van der Waals surface area contributed by atoms with Gasteiger partial charge < -0.3 is 4.79 Å². The summed E-state index contributed by atoms with van der Waals surface area (Å²) in [6, 6.07) is 0. The molecule has 2 unspecified atom stereocenters. The molecule has 4 nitrogen and oxygen atoms in total. The monoisotopic (exact) mass is 419 g/mol. The van der Waals surface area contributed by atoms with Gasteiger partial charge in [0.05, 0.1) is 17.1 Å². The van der Waals surface area contributed by atoms with Gasteiger partial charge in [-0.3, -0.25) is 14.5 Å². The predicted octanol–water partition coefficient (Wildman–Crippen LogP) is 5.27. The molecule has 0 radical (unpaired) electrons. The number of carbonyl (C=O) groups excluding carboxylic acids is 3. The number of amides is 2. The lowest BCUT2D eigenvalue weighted by atomic mass is 9.77. The minimum atomic E-state index is -0.762. The van der Waals surface area contributed by atoms with Gasteiger partial charge in [-0.25, -0.2) is 0 Å². The van der Waals surface area contributed by atoms with E-state index in [-0.39, 0.29) is 35.3 Å². The Kier molecular flexibility index (Phi) is 11.9. The van der Waals surface area contributed by atoms with Crippen molar-refractivity contribution in [3.63, 3.8) is 0 Å². The van der Waals surface area contributed by atoms with E-state index in [1.807, 2.05) is 20.8 Å². The van der Waals surface area contributed by atoms with Crippen molar-refractivity contribution in [2.24, 2.45) is 17.8 Å². The number of likely N-dealkylation sites (tertiary alicyclic amines) is 1. The van der Waals surface area contributed by atoms with Crippen molar-refractivity contribution in [3.05, 3.63) is 0 Å². The summed E-state index contributed by atoms with van der Waals surface area (Å²) in [5.41, 5.74) is -0.742. The van der Waals surface area contributed by atoms with Crippen molar-refractivity contribution in [3.8, 4) is 0 Å². The summed E-state index contributed by atoms with van der Waals surface area (Å²) >= 11 is 0. The fraction of sp³-hybridized carbons (Fsp3) is 0.880. The predicted molar refractivity (Wildman–Crippen MR) is 127 cm³/mol. The Hall–Kier alpha value is -1.13. The maximum Gasteiger partial charge on any atom is 0.233 e. The van der Waals surface area contributed by atoms with Crippen LogP contribution in [-0.2, 0) is 14.4 Å². The van der Waals surface area contributed by atoms with Crippen LogP contribution < -0.4 is 0 Å². The minimum absolute atomic E-state index is 0.0208. The minimum Gasteiger partial charge on any atom is -0.312 e. The Labute approximate surface area is 186 Å². The second-order valence-electron chi connectivity index (χ2n) is 10.0. The fourth-order valence-electron chi connectivity index (χ4n) is 4.89. The quantitative estimate of drug-likeness (QED) is 0.194. The number of hydrogen-bond acceptors (Lipinski definition) is 3. The average molecular weight is 419 g/mol. The van der Waals surface area contributed by atoms with E-state index in [2.05, 4.69) is 13.8 Å². The summed E-state index contributed by atoms with van der Waals surface area (Å²) in [5, 5.41) is 0. The van der Waals surface area contributed by atoms with Crippen LogP contribution in [-0.4, -0.2) is 35.8 Å². The maximum atomic E-state index is 13.4. The number of imide groups is 1. The summed E-state index contributed by atoms with van der Waals surface area (Å²) in [6.07, 6.45) is 14.6. The smallest absolute Gasteiger partial charge is 0.233 e. The fourth-order valence-corrected chi connectivity index (χ4v) is 4.89. The molecule has 0 spiro atoms. The zero-order chi connectivity index (χ0) is 22.7. The molecule has 0 bridgehead atoms. The third-order valence-corrected chi connectivity index (χ3v) is 7.35. The van der Waals surface area contributed by atoms with E-state index in [1.165, 1.54) is 56.3 Å². The first kappa shape index (κ1) is 26.9. The normalized spacial score (nSPS) is 18.5. The molecule has 0 N–H and O–H groups in total. The molecule has 2 atom stereocenters. The second-order valence-corrected chi connectivity index (χ2v) is 10.0. The number of hydrogen-bond donors (Lipinski definition) is 0. The number of carbonyl (C=O) groups is 3. The van der Waals surface area contributed by atoms with Crippen LogP contribution in [0, 0.1) is 17.8 Å². The van der Waals surface area contributed by atoms with Gasteiger partial charge in [0.1, 0.15) is 0 Å². The van der Waals surface area contributed by atoms with E-state index in [1.54, 1.807) is 7.85 Å². The van der Waals surface area contributed by atoms with Crippen molar-refractivity contribution in [1.82, 2.24) is 4.90 Å². The molecule has 1 fully saturated rings. The van der Waals surface area contributed by atoms with Crippen LogP contribution in [0.1, 0.15) is 118 Å². The standard InChI is InChI=1S/C25H46BNO3/c1-6-8-10-12-14-16-20(17-15-13-11-9-7-2)21-18-22(28)27(24(21)30)25(4,5)19(3)23(26)29/h19-21H,6-18,26H2,1-5H3. The zero-order valence-corrected chi connectivity index (χ0v) is 20.6. The van der Waals surface area contributed by atoms with Crippen molar-refractivity contribution in [1.29, 1.82) is 0 Å². The van der Waals surface area contributed by atoms with Crippen LogP contribution in [0.4, 0.5) is 0 Å². The Morgan fingerprint density at radius 3 is 1.87 bits per heavy atom. The highest BCUT2D eigenvalue weighted by Gasteiger charge is 2.50. The third kappa shape index (κ3) is 7.53. The lowest BCUT2D eigenvalue weighted by Gasteiger charge is -2.38. The van der Waals surface area contributed by atoms with E-state index >= 15 is 0 Å². The molecule has 1 aliphatic heterocycles. The molecule has 0 saturated carbocycles. The van der Waals surface area contributed by atoms with Crippen LogP contribution in [0.2, 0.25) is 0 Å². The lowest BCUT2D eigenvalue weighted by molar-refractivity contribution is -0.148. The Bertz CT molecular complexity index is 547. The topological polar surface area (TPSA) is 54.5 Å². The van der Waals surface area contributed by atoms with Crippen LogP contribution in [0.5, 0.6) is 0 Å². The van der Waals surface area contributed by atoms with Crippen molar-refractivity contribution in [2.75, 3.05) is 0 Å². The molecule has 0 aromatic heterocycles. The summed E-state index contributed by atoms with van der Waals surface area (Å²) < 4.78 is 0. The molecule has 5 heteroatoms. The molecule has 1 heterocycles. The Balaban J connectivity index is 2.84. The average Bonchev–Trinajstić information content (AvgIpc) is 2.99. The van der Waals surface area contributed by atoms with Gasteiger partial charge in [-0.15, -0.1) is 0 Å². The van der Waals surface area contributed by atoms with Gasteiger partial charge in [0.2, 0.25) is 11.8 Å². The van der Waals surface area contributed by atoms with Gasteiger partial charge in [0.25, 0.3) is 0 Å². The van der Waals surface area contributed by atoms with Crippen LogP contribution in [0.25, 0.3) is 0 Å². The first-order valence-electron chi connectivity index (χ1n) is 12.6. The second kappa shape index (κ2) is 13.3. The molecule has 1 aliphatic rings. The lowest BCUT2D eigenvalue weighted by Crippen LogP contribution is -2.54. The molecule has 1 saturated heterocycles. The number of rotatable bonds is 16. The molecule has 172 valence electrons. The van der Waals surface area contributed by atoms with E-state index < -0.39 is 5.54 Å². The van der Waals surface area contributed by atoms with Crippen LogP contribution >= 0.6 is 0 Å². The van der Waals surface area contributed by atoms with E-state index in [0.29, 0.717) is 6.42 Å². The zero-order valence-electron chi connectivity index (χ0n) is 20.6. The van der Waals surface area contributed by atoms with Crippen LogP contribution in [0.3, 0.4) is 0 Å². The highest BCUT2D eigenvalue weighted by Crippen LogP contribution is 2.39.